The fourth-order valence-corrected chi connectivity index (χ4v) is 1.40. The molecule has 1 rings (SSSR count). The Balaban J connectivity index is 2.46. The molecule has 0 spiro atoms. The Morgan fingerprint density at radius 3 is 2.32 bits per heavy atom. The van der Waals surface area contributed by atoms with E-state index in [9.17, 15) is 9.59 Å². The molecular formula is C14H19NO4. The third-order valence-corrected chi connectivity index (χ3v) is 2.20. The SMILES string of the molecule is CC(C)(C)OC(=O)OC(=O)C[C@H](N)c1ccccc1. The molecule has 0 aromatic heterocycles. The molecule has 1 aromatic carbocycles. The molecule has 0 aliphatic rings. The number of esters is 1. The quantitative estimate of drug-likeness (QED) is 0.671. The molecule has 5 nitrogen and oxygen atoms in total. The van der Waals surface area contributed by atoms with Crippen LogP contribution in [0.2, 0.25) is 0 Å². The largest absolute Gasteiger partial charge is 0.516 e. The Kier molecular flexibility index (Phi) is 5.06. The van der Waals surface area contributed by atoms with Crippen LogP contribution in [0.3, 0.4) is 0 Å². The maximum atomic E-state index is 11.5. The minimum atomic E-state index is -1.00. The molecule has 104 valence electrons. The van der Waals surface area contributed by atoms with Crippen molar-refractivity contribution in [3.05, 3.63) is 35.9 Å². The van der Waals surface area contributed by atoms with Crippen LogP contribution in [0.1, 0.15) is 38.8 Å². The summed E-state index contributed by atoms with van der Waals surface area (Å²) >= 11 is 0. The van der Waals surface area contributed by atoms with Crippen LogP contribution in [0.25, 0.3) is 0 Å². The van der Waals surface area contributed by atoms with Crippen molar-refractivity contribution in [3.63, 3.8) is 0 Å². The van der Waals surface area contributed by atoms with Gasteiger partial charge in [-0.25, -0.2) is 4.79 Å². The number of ether oxygens (including phenoxy) is 2. The van der Waals surface area contributed by atoms with Gasteiger partial charge in [-0.15, -0.1) is 0 Å². The molecule has 0 unspecified atom stereocenters. The molecule has 1 atom stereocenters. The summed E-state index contributed by atoms with van der Waals surface area (Å²) in [4.78, 5) is 22.8. The van der Waals surface area contributed by atoms with E-state index in [0.717, 1.165) is 5.56 Å². The van der Waals surface area contributed by atoms with Crippen molar-refractivity contribution in [1.29, 1.82) is 0 Å². The highest BCUT2D eigenvalue weighted by Gasteiger charge is 2.21. The normalized spacial score (nSPS) is 12.6. The standard InChI is InChI=1S/C14H19NO4/c1-14(2,3)19-13(17)18-12(16)9-11(15)10-7-5-4-6-8-10/h4-8,11H,9,15H2,1-3H3/t11-/m0/s1. The van der Waals surface area contributed by atoms with Crippen molar-refractivity contribution in [2.24, 2.45) is 5.73 Å². The van der Waals surface area contributed by atoms with Gasteiger partial charge < -0.3 is 15.2 Å². The molecule has 0 heterocycles. The lowest BCUT2D eigenvalue weighted by atomic mass is 10.1. The number of benzene rings is 1. The van der Waals surface area contributed by atoms with Crippen LogP contribution < -0.4 is 5.73 Å². The van der Waals surface area contributed by atoms with Crippen molar-refractivity contribution in [1.82, 2.24) is 0 Å². The Labute approximate surface area is 112 Å². The summed E-state index contributed by atoms with van der Waals surface area (Å²) in [6.07, 6.45) is -1.08. The van der Waals surface area contributed by atoms with Gasteiger partial charge in [0.1, 0.15) is 5.60 Å². The molecule has 0 aliphatic carbocycles. The summed E-state index contributed by atoms with van der Waals surface area (Å²) in [6, 6.07) is 8.63. The second-order valence-electron chi connectivity index (χ2n) is 5.16. The number of hydrogen-bond donors (Lipinski definition) is 1. The van der Waals surface area contributed by atoms with Crippen LogP contribution in [0, 0.1) is 0 Å². The summed E-state index contributed by atoms with van der Waals surface area (Å²) in [6.45, 7) is 5.07. The van der Waals surface area contributed by atoms with Crippen LogP contribution in [-0.4, -0.2) is 17.7 Å². The molecule has 0 saturated carbocycles. The Hall–Kier alpha value is -1.88. The molecule has 0 fully saturated rings. The smallest absolute Gasteiger partial charge is 0.428 e. The molecule has 19 heavy (non-hydrogen) atoms. The average molecular weight is 265 g/mol. The van der Waals surface area contributed by atoms with Gasteiger partial charge in [0.15, 0.2) is 0 Å². The van der Waals surface area contributed by atoms with Crippen molar-refractivity contribution in [2.45, 2.75) is 38.8 Å². The Morgan fingerprint density at radius 2 is 1.79 bits per heavy atom. The molecule has 0 amide bonds. The van der Waals surface area contributed by atoms with E-state index in [1.807, 2.05) is 30.3 Å². The van der Waals surface area contributed by atoms with Crippen LogP contribution >= 0.6 is 0 Å². The van der Waals surface area contributed by atoms with Crippen molar-refractivity contribution in [2.75, 3.05) is 0 Å². The van der Waals surface area contributed by atoms with Gasteiger partial charge in [-0.3, -0.25) is 4.79 Å². The molecule has 0 aliphatic heterocycles. The van der Waals surface area contributed by atoms with Gasteiger partial charge in [0.25, 0.3) is 0 Å². The van der Waals surface area contributed by atoms with E-state index in [2.05, 4.69) is 4.74 Å². The second-order valence-corrected chi connectivity index (χ2v) is 5.16. The number of carbonyl (C=O) groups is 2. The van der Waals surface area contributed by atoms with Crippen LogP contribution in [0.15, 0.2) is 30.3 Å². The van der Waals surface area contributed by atoms with Crippen molar-refractivity contribution < 1.29 is 19.1 Å². The van der Waals surface area contributed by atoms with E-state index in [1.54, 1.807) is 20.8 Å². The van der Waals surface area contributed by atoms with Crippen LogP contribution in [0.5, 0.6) is 0 Å². The zero-order chi connectivity index (χ0) is 14.5. The van der Waals surface area contributed by atoms with Crippen molar-refractivity contribution in [3.8, 4) is 0 Å². The van der Waals surface area contributed by atoms with Gasteiger partial charge in [-0.1, -0.05) is 30.3 Å². The third kappa shape index (κ3) is 6.01. The highest BCUT2D eigenvalue weighted by atomic mass is 16.7. The van der Waals surface area contributed by atoms with Gasteiger partial charge in [0, 0.05) is 6.04 Å². The minimum Gasteiger partial charge on any atom is -0.428 e. The first kappa shape index (κ1) is 15.2. The van der Waals surface area contributed by atoms with E-state index in [4.69, 9.17) is 10.5 Å². The lowest BCUT2D eigenvalue weighted by molar-refractivity contribution is -0.141. The maximum absolute atomic E-state index is 11.5. The summed E-state index contributed by atoms with van der Waals surface area (Å²) in [5.74, 6) is -0.703. The number of nitrogens with two attached hydrogens (primary N) is 1. The molecule has 5 heteroatoms. The maximum Gasteiger partial charge on any atom is 0.516 e. The third-order valence-electron chi connectivity index (χ3n) is 2.20. The molecular weight excluding hydrogens is 246 g/mol. The molecule has 0 radical (unpaired) electrons. The van der Waals surface area contributed by atoms with Crippen LogP contribution in [-0.2, 0) is 14.3 Å². The molecule has 0 saturated heterocycles. The number of hydrogen-bond acceptors (Lipinski definition) is 5. The van der Waals surface area contributed by atoms with E-state index in [1.165, 1.54) is 0 Å². The van der Waals surface area contributed by atoms with E-state index < -0.39 is 23.8 Å². The summed E-state index contributed by atoms with van der Waals surface area (Å²) in [7, 11) is 0. The van der Waals surface area contributed by atoms with Gasteiger partial charge in [0.05, 0.1) is 6.42 Å². The Morgan fingerprint density at radius 1 is 1.21 bits per heavy atom. The lowest BCUT2D eigenvalue weighted by Crippen LogP contribution is -2.27. The fourth-order valence-electron chi connectivity index (χ4n) is 1.40. The first-order valence-electron chi connectivity index (χ1n) is 6.02. The molecule has 1 aromatic rings. The summed E-state index contributed by atoms with van der Waals surface area (Å²) in [5.41, 5.74) is 5.96. The van der Waals surface area contributed by atoms with Gasteiger partial charge in [-0.05, 0) is 26.3 Å². The van der Waals surface area contributed by atoms with E-state index >= 15 is 0 Å². The Bertz CT molecular complexity index is 437. The highest BCUT2D eigenvalue weighted by molar-refractivity contribution is 5.82. The number of carbonyl (C=O) groups excluding carboxylic acids is 2. The minimum absolute atomic E-state index is 0.0801. The fraction of sp³-hybridized carbons (Fsp3) is 0.429. The van der Waals surface area contributed by atoms with Gasteiger partial charge in [-0.2, -0.15) is 0 Å². The topological polar surface area (TPSA) is 78.6 Å². The number of rotatable bonds is 3. The first-order valence-corrected chi connectivity index (χ1v) is 6.02. The zero-order valence-electron chi connectivity index (χ0n) is 11.4. The summed E-state index contributed by atoms with van der Waals surface area (Å²) in [5, 5.41) is 0. The van der Waals surface area contributed by atoms with Gasteiger partial charge >= 0.3 is 12.1 Å². The van der Waals surface area contributed by atoms with E-state index in [0.29, 0.717) is 0 Å². The molecule has 2 N–H and O–H groups in total. The first-order chi connectivity index (χ1) is 8.78. The predicted octanol–water partition coefficient (Wildman–Crippen LogP) is 2.55. The molecule has 0 bridgehead atoms. The van der Waals surface area contributed by atoms with Gasteiger partial charge in [0.2, 0.25) is 0 Å². The monoisotopic (exact) mass is 265 g/mol. The summed E-state index contributed by atoms with van der Waals surface area (Å²) < 4.78 is 9.41. The highest BCUT2D eigenvalue weighted by Crippen LogP contribution is 2.15. The van der Waals surface area contributed by atoms with Crippen molar-refractivity contribution >= 4 is 12.1 Å². The second kappa shape index (κ2) is 6.33. The van der Waals surface area contributed by atoms with E-state index in [-0.39, 0.29) is 6.42 Å². The lowest BCUT2D eigenvalue weighted by Gasteiger charge is -2.18. The average Bonchev–Trinajstić information content (AvgIpc) is 2.27. The zero-order valence-corrected chi connectivity index (χ0v) is 11.4. The van der Waals surface area contributed by atoms with Crippen LogP contribution in [0.4, 0.5) is 4.79 Å². The predicted molar refractivity (Wildman–Crippen MR) is 70.3 cm³/mol.